The average Bonchev–Trinajstić information content (AvgIpc) is 2.66. The van der Waals surface area contributed by atoms with Crippen molar-refractivity contribution in [1.29, 1.82) is 5.26 Å². The lowest BCUT2D eigenvalue weighted by Gasteiger charge is -2.10. The summed E-state index contributed by atoms with van der Waals surface area (Å²) in [5.74, 6) is -0.446. The topological polar surface area (TPSA) is 114 Å². The Hall–Kier alpha value is -3.79. The molecular weight excluding hydrogens is 346 g/mol. The van der Waals surface area contributed by atoms with Crippen LogP contribution >= 0.6 is 0 Å². The molecule has 0 unspecified atom stereocenters. The standard InChI is InChI=1S/C20H19N3O4/c1-13-5-3-4-6-16(13)23-20(25)15(11-21)9-14-7-8-17(18(10-14)26-2)27-12-19(22)24/h3-10H,12H2,1-2H3,(H2,22,24)(H,23,25)/b15-9+. The van der Waals surface area contributed by atoms with Gasteiger partial charge >= 0.3 is 0 Å². The van der Waals surface area contributed by atoms with Crippen molar-refractivity contribution in [2.45, 2.75) is 6.92 Å². The van der Waals surface area contributed by atoms with Crippen molar-refractivity contribution >= 4 is 23.6 Å². The Morgan fingerprint density at radius 3 is 2.59 bits per heavy atom. The molecular formula is C20H19N3O4. The van der Waals surface area contributed by atoms with Crippen LogP contribution in [0.2, 0.25) is 0 Å². The third kappa shape index (κ3) is 5.34. The maximum Gasteiger partial charge on any atom is 0.266 e. The third-order valence-corrected chi connectivity index (χ3v) is 3.63. The summed E-state index contributed by atoms with van der Waals surface area (Å²) in [6.45, 7) is 1.58. The van der Waals surface area contributed by atoms with E-state index >= 15 is 0 Å². The lowest BCUT2D eigenvalue weighted by molar-refractivity contribution is -0.120. The number of hydrogen-bond acceptors (Lipinski definition) is 5. The number of amides is 2. The summed E-state index contributed by atoms with van der Waals surface area (Å²) < 4.78 is 10.5. The predicted molar refractivity (Wildman–Crippen MR) is 101 cm³/mol. The number of ether oxygens (including phenoxy) is 2. The molecule has 0 spiro atoms. The Balaban J connectivity index is 2.23. The first-order valence-corrected chi connectivity index (χ1v) is 8.02. The molecule has 2 amide bonds. The predicted octanol–water partition coefficient (Wildman–Crippen LogP) is 2.41. The van der Waals surface area contributed by atoms with Crippen LogP contribution < -0.4 is 20.5 Å². The highest BCUT2D eigenvalue weighted by Crippen LogP contribution is 2.29. The molecule has 0 heterocycles. The van der Waals surface area contributed by atoms with E-state index in [0.717, 1.165) is 5.56 Å². The molecule has 2 aromatic rings. The van der Waals surface area contributed by atoms with Crippen LogP contribution in [0.3, 0.4) is 0 Å². The molecule has 2 rings (SSSR count). The molecule has 0 aliphatic heterocycles. The van der Waals surface area contributed by atoms with Gasteiger partial charge in [0.05, 0.1) is 7.11 Å². The quantitative estimate of drug-likeness (QED) is 0.578. The summed E-state index contributed by atoms with van der Waals surface area (Å²) in [7, 11) is 1.44. The molecule has 138 valence electrons. The van der Waals surface area contributed by atoms with E-state index in [0.29, 0.717) is 22.7 Å². The fraction of sp³-hybridized carbons (Fsp3) is 0.150. The van der Waals surface area contributed by atoms with Crippen LogP contribution in [0.4, 0.5) is 5.69 Å². The minimum Gasteiger partial charge on any atom is -0.493 e. The maximum atomic E-state index is 12.4. The normalized spacial score (nSPS) is 10.6. The van der Waals surface area contributed by atoms with Gasteiger partial charge in [-0.05, 0) is 42.3 Å². The van der Waals surface area contributed by atoms with E-state index in [2.05, 4.69) is 5.32 Å². The Labute approximate surface area is 157 Å². The van der Waals surface area contributed by atoms with Crippen LogP contribution in [0.15, 0.2) is 48.0 Å². The van der Waals surface area contributed by atoms with Gasteiger partial charge < -0.3 is 20.5 Å². The van der Waals surface area contributed by atoms with Crippen LogP contribution in [0.5, 0.6) is 11.5 Å². The highest BCUT2D eigenvalue weighted by molar-refractivity contribution is 6.10. The van der Waals surface area contributed by atoms with E-state index in [1.54, 1.807) is 30.3 Å². The van der Waals surface area contributed by atoms with E-state index in [4.69, 9.17) is 15.2 Å². The fourth-order valence-corrected chi connectivity index (χ4v) is 2.26. The van der Waals surface area contributed by atoms with Gasteiger partial charge in [0.1, 0.15) is 11.6 Å². The van der Waals surface area contributed by atoms with Crippen molar-refractivity contribution in [3.8, 4) is 17.6 Å². The molecule has 0 saturated carbocycles. The van der Waals surface area contributed by atoms with E-state index in [-0.39, 0.29) is 12.2 Å². The molecule has 7 heteroatoms. The lowest BCUT2D eigenvalue weighted by Crippen LogP contribution is -2.20. The molecule has 2 aromatic carbocycles. The average molecular weight is 365 g/mol. The van der Waals surface area contributed by atoms with Gasteiger partial charge in [-0.2, -0.15) is 5.26 Å². The molecule has 27 heavy (non-hydrogen) atoms. The van der Waals surface area contributed by atoms with Gasteiger partial charge in [0.15, 0.2) is 18.1 Å². The second kappa shape index (κ2) is 9.06. The number of nitriles is 1. The van der Waals surface area contributed by atoms with Crippen LogP contribution in [0.25, 0.3) is 6.08 Å². The second-order valence-electron chi connectivity index (χ2n) is 5.60. The van der Waals surface area contributed by atoms with Crippen molar-refractivity contribution in [3.05, 3.63) is 59.2 Å². The molecule has 0 bridgehead atoms. The Kier molecular flexibility index (Phi) is 6.55. The van der Waals surface area contributed by atoms with E-state index < -0.39 is 11.8 Å². The number of nitrogens with two attached hydrogens (primary N) is 1. The molecule has 0 aromatic heterocycles. The first-order chi connectivity index (χ1) is 12.9. The van der Waals surface area contributed by atoms with Crippen molar-refractivity contribution in [2.75, 3.05) is 19.0 Å². The summed E-state index contributed by atoms with van der Waals surface area (Å²) in [4.78, 5) is 23.2. The number of anilines is 1. The van der Waals surface area contributed by atoms with Gasteiger partial charge in [0, 0.05) is 5.69 Å². The van der Waals surface area contributed by atoms with Crippen LogP contribution in [-0.4, -0.2) is 25.5 Å². The molecule has 0 fully saturated rings. The van der Waals surface area contributed by atoms with Gasteiger partial charge in [0.2, 0.25) is 0 Å². The number of methoxy groups -OCH3 is 1. The summed E-state index contributed by atoms with van der Waals surface area (Å²) in [6.07, 6.45) is 1.44. The highest BCUT2D eigenvalue weighted by Gasteiger charge is 2.12. The van der Waals surface area contributed by atoms with Gasteiger partial charge in [-0.15, -0.1) is 0 Å². The highest BCUT2D eigenvalue weighted by atomic mass is 16.5. The largest absolute Gasteiger partial charge is 0.493 e. The number of para-hydroxylation sites is 1. The van der Waals surface area contributed by atoms with E-state index in [9.17, 15) is 14.9 Å². The first-order valence-electron chi connectivity index (χ1n) is 8.02. The molecule has 0 aliphatic rings. The van der Waals surface area contributed by atoms with E-state index in [1.807, 2.05) is 25.1 Å². The number of nitrogens with one attached hydrogen (secondary N) is 1. The number of benzene rings is 2. The number of hydrogen-bond donors (Lipinski definition) is 2. The number of primary amides is 1. The number of carbonyl (C=O) groups excluding carboxylic acids is 2. The Morgan fingerprint density at radius 2 is 1.96 bits per heavy atom. The number of nitrogens with zero attached hydrogens (tertiary/aromatic N) is 1. The van der Waals surface area contributed by atoms with Gasteiger partial charge in [-0.1, -0.05) is 24.3 Å². The number of carbonyl (C=O) groups is 2. The molecule has 0 saturated heterocycles. The molecule has 0 aliphatic carbocycles. The zero-order valence-corrected chi connectivity index (χ0v) is 15.0. The molecule has 7 nitrogen and oxygen atoms in total. The van der Waals surface area contributed by atoms with Crippen LogP contribution in [-0.2, 0) is 9.59 Å². The molecule has 3 N–H and O–H groups in total. The SMILES string of the molecule is COc1cc(/C=C(\C#N)C(=O)Nc2ccccc2C)ccc1OCC(N)=O. The molecule has 0 radical (unpaired) electrons. The van der Waals surface area contributed by atoms with Gasteiger partial charge in [-0.3, -0.25) is 9.59 Å². The molecule has 0 atom stereocenters. The van der Waals surface area contributed by atoms with Gasteiger partial charge in [-0.25, -0.2) is 0 Å². The zero-order chi connectivity index (χ0) is 19.8. The van der Waals surface area contributed by atoms with Crippen molar-refractivity contribution < 1.29 is 19.1 Å². The first kappa shape index (κ1) is 19.5. The van der Waals surface area contributed by atoms with Crippen LogP contribution in [0.1, 0.15) is 11.1 Å². The van der Waals surface area contributed by atoms with Crippen molar-refractivity contribution in [3.63, 3.8) is 0 Å². The second-order valence-corrected chi connectivity index (χ2v) is 5.60. The van der Waals surface area contributed by atoms with Gasteiger partial charge in [0.25, 0.3) is 11.8 Å². The van der Waals surface area contributed by atoms with Crippen molar-refractivity contribution in [1.82, 2.24) is 0 Å². The van der Waals surface area contributed by atoms with E-state index in [1.165, 1.54) is 13.2 Å². The zero-order valence-electron chi connectivity index (χ0n) is 15.0. The maximum absolute atomic E-state index is 12.4. The summed E-state index contributed by atoms with van der Waals surface area (Å²) >= 11 is 0. The minimum atomic E-state index is -0.610. The van der Waals surface area contributed by atoms with Crippen LogP contribution in [0, 0.1) is 18.3 Å². The summed E-state index contributed by atoms with van der Waals surface area (Å²) in [5, 5.41) is 12.1. The Bertz CT molecular complexity index is 929. The lowest BCUT2D eigenvalue weighted by atomic mass is 10.1. The smallest absolute Gasteiger partial charge is 0.266 e. The fourth-order valence-electron chi connectivity index (χ4n) is 2.26. The minimum absolute atomic E-state index is 0.0638. The third-order valence-electron chi connectivity index (χ3n) is 3.63. The van der Waals surface area contributed by atoms with Crippen molar-refractivity contribution in [2.24, 2.45) is 5.73 Å². The number of rotatable bonds is 7. The monoisotopic (exact) mass is 365 g/mol. The Morgan fingerprint density at radius 1 is 1.22 bits per heavy atom. The summed E-state index contributed by atoms with van der Waals surface area (Å²) in [6, 6.07) is 14.0. The summed E-state index contributed by atoms with van der Waals surface area (Å²) in [5.41, 5.74) is 7.08. The number of aryl methyl sites for hydroxylation is 1.